The van der Waals surface area contributed by atoms with Crippen LogP contribution in [0.2, 0.25) is 5.02 Å². The van der Waals surface area contributed by atoms with Crippen LogP contribution in [0.4, 0.5) is 5.69 Å². The van der Waals surface area contributed by atoms with Gasteiger partial charge >= 0.3 is 0 Å². The topological polar surface area (TPSA) is 72.2 Å². The first-order chi connectivity index (χ1) is 8.95. The van der Waals surface area contributed by atoms with Gasteiger partial charge in [0.15, 0.2) is 0 Å². The van der Waals surface area contributed by atoms with E-state index in [1.807, 2.05) is 6.92 Å². The summed E-state index contributed by atoms with van der Waals surface area (Å²) in [5.74, 6) is -0.453. The number of hydrogen-bond donors (Lipinski definition) is 1. The van der Waals surface area contributed by atoms with Gasteiger partial charge in [0.25, 0.3) is 11.6 Å². The van der Waals surface area contributed by atoms with E-state index in [9.17, 15) is 14.9 Å². The number of carbonyl (C=O) groups is 1. The molecule has 0 spiro atoms. The molecule has 1 aromatic carbocycles. The van der Waals surface area contributed by atoms with E-state index in [4.69, 9.17) is 11.6 Å². The Labute approximate surface area is 124 Å². The number of nitrogens with one attached hydrogen (secondary N) is 1. The largest absolute Gasteiger partial charge is 0.349 e. The molecule has 0 heterocycles. The Kier molecular flexibility index (Phi) is 6.24. The van der Waals surface area contributed by atoms with Gasteiger partial charge in [0.2, 0.25) is 0 Å². The van der Waals surface area contributed by atoms with Gasteiger partial charge in [-0.2, -0.15) is 0 Å². The number of nitro benzene ring substituents is 1. The minimum Gasteiger partial charge on any atom is -0.349 e. The molecule has 1 N–H and O–H groups in total. The second-order valence-electron chi connectivity index (χ2n) is 4.12. The smallest absolute Gasteiger partial charge is 0.283 e. The second-order valence-corrected chi connectivity index (χ2v) is 5.35. The van der Waals surface area contributed by atoms with E-state index >= 15 is 0 Å². The number of rotatable bonds is 6. The molecule has 1 rings (SSSR count). The molecule has 0 saturated heterocycles. The van der Waals surface area contributed by atoms with Gasteiger partial charge in [-0.3, -0.25) is 14.9 Å². The molecular weight excluding hydrogens is 336 g/mol. The van der Waals surface area contributed by atoms with Crippen LogP contribution in [0.15, 0.2) is 18.2 Å². The lowest BCUT2D eigenvalue weighted by Gasteiger charge is -2.13. The van der Waals surface area contributed by atoms with Crippen LogP contribution in [0, 0.1) is 10.1 Å². The van der Waals surface area contributed by atoms with E-state index in [0.29, 0.717) is 0 Å². The summed E-state index contributed by atoms with van der Waals surface area (Å²) in [5, 5.41) is 14.7. The molecule has 0 aliphatic rings. The number of carbonyl (C=O) groups excluding carboxylic acids is 1. The van der Waals surface area contributed by atoms with Crippen LogP contribution < -0.4 is 5.32 Å². The first-order valence-electron chi connectivity index (χ1n) is 5.76. The first-order valence-corrected chi connectivity index (χ1v) is 7.26. The third-order valence-corrected chi connectivity index (χ3v) is 3.35. The molecule has 1 unspecified atom stereocenters. The maximum Gasteiger partial charge on any atom is 0.283 e. The summed E-state index contributed by atoms with van der Waals surface area (Å²) in [7, 11) is 0. The highest BCUT2D eigenvalue weighted by Crippen LogP contribution is 2.23. The maximum atomic E-state index is 12.0. The van der Waals surface area contributed by atoms with Gasteiger partial charge in [-0.25, -0.2) is 0 Å². The van der Waals surface area contributed by atoms with Crippen LogP contribution in [0.5, 0.6) is 0 Å². The van der Waals surface area contributed by atoms with E-state index in [0.717, 1.165) is 18.2 Å². The summed E-state index contributed by atoms with van der Waals surface area (Å²) in [4.78, 5) is 22.3. The third kappa shape index (κ3) is 4.80. The minimum absolute atomic E-state index is 0.0279. The molecule has 0 bridgehead atoms. The molecule has 0 radical (unpaired) electrons. The van der Waals surface area contributed by atoms with Crippen molar-refractivity contribution in [3.05, 3.63) is 38.9 Å². The van der Waals surface area contributed by atoms with Gasteiger partial charge < -0.3 is 5.32 Å². The molecule has 1 aromatic rings. The zero-order valence-electron chi connectivity index (χ0n) is 10.4. The number of nitro groups is 1. The third-order valence-electron chi connectivity index (χ3n) is 2.55. The molecule has 19 heavy (non-hydrogen) atoms. The van der Waals surface area contributed by atoms with Crippen LogP contribution in [0.1, 0.15) is 30.1 Å². The van der Waals surface area contributed by atoms with Gasteiger partial charge in [0.1, 0.15) is 5.56 Å². The molecule has 0 saturated carbocycles. The van der Waals surface area contributed by atoms with Gasteiger partial charge in [-0.15, -0.1) is 0 Å². The number of nitrogens with zero attached hydrogens (tertiary/aromatic N) is 1. The fourth-order valence-electron chi connectivity index (χ4n) is 1.60. The fourth-order valence-corrected chi connectivity index (χ4v) is 2.09. The Morgan fingerprint density at radius 1 is 1.58 bits per heavy atom. The van der Waals surface area contributed by atoms with Crippen molar-refractivity contribution in [2.75, 3.05) is 5.33 Å². The van der Waals surface area contributed by atoms with Gasteiger partial charge in [-0.1, -0.05) is 27.5 Å². The van der Waals surface area contributed by atoms with E-state index in [1.165, 1.54) is 18.2 Å². The van der Waals surface area contributed by atoms with Crippen molar-refractivity contribution in [1.29, 1.82) is 0 Å². The maximum absolute atomic E-state index is 12.0. The molecule has 104 valence electrons. The lowest BCUT2D eigenvalue weighted by atomic mass is 10.1. The molecule has 1 amide bonds. The summed E-state index contributed by atoms with van der Waals surface area (Å²) in [6.07, 6.45) is 1.72. The van der Waals surface area contributed by atoms with Crippen molar-refractivity contribution in [2.45, 2.75) is 25.8 Å². The number of alkyl halides is 1. The Morgan fingerprint density at radius 2 is 2.26 bits per heavy atom. The molecule has 0 aliphatic carbocycles. The molecule has 0 aliphatic heterocycles. The number of amides is 1. The lowest BCUT2D eigenvalue weighted by molar-refractivity contribution is -0.385. The van der Waals surface area contributed by atoms with Crippen molar-refractivity contribution in [3.8, 4) is 0 Å². The summed E-state index contributed by atoms with van der Waals surface area (Å²) in [6.45, 7) is 1.86. The Morgan fingerprint density at radius 3 is 2.84 bits per heavy atom. The molecule has 0 fully saturated rings. The van der Waals surface area contributed by atoms with Crippen LogP contribution in [0.25, 0.3) is 0 Å². The van der Waals surface area contributed by atoms with Crippen molar-refractivity contribution >= 4 is 39.1 Å². The Balaban J connectivity index is 2.85. The number of benzene rings is 1. The highest BCUT2D eigenvalue weighted by Gasteiger charge is 2.21. The summed E-state index contributed by atoms with van der Waals surface area (Å²) >= 11 is 9.01. The first kappa shape index (κ1) is 15.9. The zero-order valence-corrected chi connectivity index (χ0v) is 12.7. The average molecular weight is 350 g/mol. The second kappa shape index (κ2) is 7.45. The molecule has 5 nitrogen and oxygen atoms in total. The quantitative estimate of drug-likeness (QED) is 0.485. The number of halogens is 2. The number of hydrogen-bond acceptors (Lipinski definition) is 3. The van der Waals surface area contributed by atoms with Gasteiger partial charge in [0.05, 0.1) is 4.92 Å². The predicted octanol–water partition coefficient (Wildman–Crippen LogP) is 3.54. The van der Waals surface area contributed by atoms with Crippen molar-refractivity contribution in [1.82, 2.24) is 5.32 Å². The van der Waals surface area contributed by atoms with Gasteiger partial charge in [-0.05, 0) is 31.9 Å². The fraction of sp³-hybridized carbons (Fsp3) is 0.417. The van der Waals surface area contributed by atoms with E-state index in [2.05, 4.69) is 21.2 Å². The molecule has 1 atom stereocenters. The monoisotopic (exact) mass is 348 g/mol. The highest BCUT2D eigenvalue weighted by molar-refractivity contribution is 9.09. The lowest BCUT2D eigenvalue weighted by Crippen LogP contribution is -2.32. The average Bonchev–Trinajstić information content (AvgIpc) is 2.35. The van der Waals surface area contributed by atoms with Crippen molar-refractivity contribution in [3.63, 3.8) is 0 Å². The summed E-state index contributed by atoms with van der Waals surface area (Å²) in [6, 6.07) is 3.97. The summed E-state index contributed by atoms with van der Waals surface area (Å²) < 4.78 is 0. The van der Waals surface area contributed by atoms with Crippen LogP contribution in [-0.2, 0) is 0 Å². The van der Waals surface area contributed by atoms with Crippen molar-refractivity contribution in [2.24, 2.45) is 0 Å². The van der Waals surface area contributed by atoms with Crippen LogP contribution in [-0.4, -0.2) is 22.2 Å². The molecule has 0 aromatic heterocycles. The van der Waals surface area contributed by atoms with Crippen LogP contribution >= 0.6 is 27.5 Å². The van der Waals surface area contributed by atoms with Crippen molar-refractivity contribution < 1.29 is 9.72 Å². The van der Waals surface area contributed by atoms with E-state index in [-0.39, 0.29) is 22.3 Å². The highest BCUT2D eigenvalue weighted by atomic mass is 79.9. The molecular formula is C12H14BrClN2O3. The zero-order chi connectivity index (χ0) is 14.4. The van der Waals surface area contributed by atoms with Crippen LogP contribution in [0.3, 0.4) is 0 Å². The molecule has 7 heteroatoms. The Bertz CT molecular complexity index is 482. The normalized spacial score (nSPS) is 11.9. The predicted molar refractivity (Wildman–Crippen MR) is 78.1 cm³/mol. The van der Waals surface area contributed by atoms with E-state index in [1.54, 1.807) is 0 Å². The van der Waals surface area contributed by atoms with E-state index < -0.39 is 10.8 Å². The Hall–Kier alpha value is -1.14. The SMILES string of the molecule is CC(CCCBr)NC(=O)c1ccc(Cl)cc1[N+](=O)[O-]. The standard InChI is InChI=1S/C12H14BrClN2O3/c1-8(3-2-6-13)15-12(17)10-5-4-9(14)7-11(10)16(18)19/h4-5,7-8H,2-3,6H2,1H3,(H,15,17). The minimum atomic E-state index is -0.607. The van der Waals surface area contributed by atoms with Gasteiger partial charge in [0, 0.05) is 22.5 Å². The summed E-state index contributed by atoms with van der Waals surface area (Å²) in [5.41, 5.74) is -0.252.